The van der Waals surface area contributed by atoms with Crippen LogP contribution in [0.5, 0.6) is 0 Å². The number of aliphatic hydroxyl groups is 1. The Labute approximate surface area is 113 Å². The van der Waals surface area contributed by atoms with Crippen molar-refractivity contribution < 1.29 is 14.2 Å². The van der Waals surface area contributed by atoms with Gasteiger partial charge in [0.2, 0.25) is 0 Å². The van der Waals surface area contributed by atoms with E-state index < -0.39 is 0 Å². The zero-order chi connectivity index (χ0) is 13.7. The summed E-state index contributed by atoms with van der Waals surface area (Å²) < 4.78 is 19.0. The normalized spacial score (nSPS) is 18.6. The smallest absolute Gasteiger partial charge is 0.127 e. The van der Waals surface area contributed by atoms with E-state index in [1.807, 2.05) is 6.07 Å². The van der Waals surface area contributed by atoms with Crippen LogP contribution in [0.15, 0.2) is 36.9 Å². The largest absolute Gasteiger partial charge is 0.396 e. The van der Waals surface area contributed by atoms with Crippen LogP contribution < -0.4 is 5.32 Å². The lowest BCUT2D eigenvalue weighted by molar-refractivity contribution is -0.135. The minimum Gasteiger partial charge on any atom is -0.396 e. The average Bonchev–Trinajstić information content (AvgIpc) is 2.37. The van der Waals surface area contributed by atoms with E-state index in [1.165, 1.54) is 6.07 Å². The van der Waals surface area contributed by atoms with Gasteiger partial charge in [-0.1, -0.05) is 24.3 Å². The molecule has 0 bridgehead atoms. The van der Waals surface area contributed by atoms with Crippen LogP contribution in [0.1, 0.15) is 18.0 Å². The van der Waals surface area contributed by atoms with Crippen molar-refractivity contribution in [3.05, 3.63) is 48.3 Å². The van der Waals surface area contributed by atoms with Crippen LogP contribution in [0, 0.1) is 11.2 Å². The van der Waals surface area contributed by atoms with Gasteiger partial charge in [0.1, 0.15) is 5.82 Å². The highest BCUT2D eigenvalue weighted by Gasteiger charge is 2.38. The van der Waals surface area contributed by atoms with Crippen molar-refractivity contribution in [3.63, 3.8) is 0 Å². The maximum Gasteiger partial charge on any atom is 0.127 e. The van der Waals surface area contributed by atoms with Gasteiger partial charge in [0, 0.05) is 18.2 Å². The quantitative estimate of drug-likeness (QED) is 0.741. The molecule has 1 aromatic carbocycles. The molecule has 0 radical (unpaired) electrons. The number of nitrogens with one attached hydrogen (secondary N) is 1. The van der Waals surface area contributed by atoms with Gasteiger partial charge in [-0.15, -0.1) is 6.58 Å². The van der Waals surface area contributed by atoms with Gasteiger partial charge in [-0.25, -0.2) is 4.39 Å². The third-order valence-electron chi connectivity index (χ3n) is 3.56. The highest BCUT2D eigenvalue weighted by Crippen LogP contribution is 2.28. The minimum atomic E-state index is -0.218. The fourth-order valence-electron chi connectivity index (χ4n) is 2.22. The van der Waals surface area contributed by atoms with Crippen LogP contribution in [0.4, 0.5) is 4.39 Å². The van der Waals surface area contributed by atoms with Crippen LogP contribution >= 0.6 is 0 Å². The Morgan fingerprint density at radius 2 is 2.21 bits per heavy atom. The first-order valence-electron chi connectivity index (χ1n) is 6.48. The molecule has 19 heavy (non-hydrogen) atoms. The van der Waals surface area contributed by atoms with Crippen LogP contribution in [0.25, 0.3) is 0 Å². The molecule has 1 fully saturated rings. The number of rotatable bonds is 7. The highest BCUT2D eigenvalue weighted by molar-refractivity contribution is 5.22. The second-order valence-electron chi connectivity index (χ2n) is 5.13. The Bertz CT molecular complexity index is 426. The van der Waals surface area contributed by atoms with Gasteiger partial charge in [-0.05, 0) is 12.5 Å². The molecule has 1 aliphatic rings. The van der Waals surface area contributed by atoms with Crippen LogP contribution in [0.3, 0.4) is 0 Å². The second-order valence-corrected chi connectivity index (χ2v) is 5.13. The van der Waals surface area contributed by atoms with E-state index in [4.69, 9.17) is 4.74 Å². The molecule has 1 aromatic rings. The molecule has 1 unspecified atom stereocenters. The summed E-state index contributed by atoms with van der Waals surface area (Å²) in [6.07, 6.45) is 2.41. The summed E-state index contributed by atoms with van der Waals surface area (Å²) in [6.45, 7) is 5.51. The first kappa shape index (κ1) is 14.2. The number of hydrogen-bond acceptors (Lipinski definition) is 3. The third-order valence-corrected chi connectivity index (χ3v) is 3.56. The molecule has 1 atom stereocenters. The first-order chi connectivity index (χ1) is 9.21. The molecule has 0 saturated carbocycles. The monoisotopic (exact) mass is 265 g/mol. The molecule has 2 rings (SSSR count). The Balaban J connectivity index is 2.04. The Kier molecular flexibility index (Phi) is 4.69. The van der Waals surface area contributed by atoms with E-state index >= 15 is 0 Å². The zero-order valence-electron chi connectivity index (χ0n) is 10.9. The van der Waals surface area contributed by atoms with Crippen molar-refractivity contribution in [1.82, 2.24) is 5.32 Å². The first-order valence-corrected chi connectivity index (χ1v) is 6.48. The Hall–Kier alpha value is -1.23. The van der Waals surface area contributed by atoms with Gasteiger partial charge in [-0.3, -0.25) is 0 Å². The lowest BCUT2D eigenvalue weighted by atomic mass is 9.86. The van der Waals surface area contributed by atoms with Crippen LogP contribution in [-0.4, -0.2) is 31.5 Å². The molecule has 1 saturated heterocycles. The molecule has 3 nitrogen and oxygen atoms in total. The van der Waals surface area contributed by atoms with Crippen molar-refractivity contribution in [3.8, 4) is 0 Å². The van der Waals surface area contributed by atoms with Crippen LogP contribution in [-0.2, 0) is 4.74 Å². The maximum atomic E-state index is 13.8. The lowest BCUT2D eigenvalue weighted by Gasteiger charge is -2.41. The molecule has 0 spiro atoms. The molecule has 104 valence electrons. The number of halogens is 1. The van der Waals surface area contributed by atoms with E-state index in [0.29, 0.717) is 31.7 Å². The number of aliphatic hydroxyl groups excluding tert-OH is 1. The lowest BCUT2D eigenvalue weighted by Crippen LogP contribution is -2.52. The van der Waals surface area contributed by atoms with Gasteiger partial charge in [-0.2, -0.15) is 0 Å². The summed E-state index contributed by atoms with van der Waals surface area (Å²) in [5.41, 5.74) is 0.417. The standard InChI is InChI=1S/C15H20FNO2/c1-2-5-14(12-6-3-4-7-13(12)16)17-8-15(9-18)10-19-11-15/h2-4,6-7,14,17-18H,1,5,8-11H2. The molecule has 2 N–H and O–H groups in total. The zero-order valence-corrected chi connectivity index (χ0v) is 10.9. The van der Waals surface area contributed by atoms with E-state index in [-0.39, 0.29) is 23.9 Å². The molecule has 1 aliphatic heterocycles. The predicted octanol–water partition coefficient (Wildman–Crippen LogP) is 2.04. The predicted molar refractivity (Wildman–Crippen MR) is 72.3 cm³/mol. The van der Waals surface area contributed by atoms with Crippen molar-refractivity contribution in [2.24, 2.45) is 5.41 Å². The molecule has 4 heteroatoms. The van der Waals surface area contributed by atoms with Gasteiger partial charge < -0.3 is 15.2 Å². The molecule has 0 aliphatic carbocycles. The van der Waals surface area contributed by atoms with Gasteiger partial charge in [0.15, 0.2) is 0 Å². The molecular formula is C15H20FNO2. The highest BCUT2D eigenvalue weighted by atomic mass is 19.1. The molecule has 0 aromatic heterocycles. The number of hydrogen-bond donors (Lipinski definition) is 2. The summed E-state index contributed by atoms with van der Waals surface area (Å²) in [6, 6.07) is 6.62. The SMILES string of the molecule is C=CCC(NCC1(CO)COC1)c1ccccc1F. The maximum absolute atomic E-state index is 13.8. The molecule has 0 amide bonds. The van der Waals surface area contributed by atoms with Crippen molar-refractivity contribution >= 4 is 0 Å². The fraction of sp³-hybridized carbons (Fsp3) is 0.467. The van der Waals surface area contributed by atoms with Crippen LogP contribution in [0.2, 0.25) is 0 Å². The van der Waals surface area contributed by atoms with Gasteiger partial charge >= 0.3 is 0 Å². The summed E-state index contributed by atoms with van der Waals surface area (Å²) in [5, 5.41) is 12.7. The Morgan fingerprint density at radius 1 is 1.47 bits per heavy atom. The van der Waals surface area contributed by atoms with E-state index in [2.05, 4.69) is 11.9 Å². The van der Waals surface area contributed by atoms with Crippen molar-refractivity contribution in [2.45, 2.75) is 12.5 Å². The minimum absolute atomic E-state index is 0.0814. The Morgan fingerprint density at radius 3 is 2.74 bits per heavy atom. The van der Waals surface area contributed by atoms with Gasteiger partial charge in [0.05, 0.1) is 25.2 Å². The van der Waals surface area contributed by atoms with E-state index in [0.717, 1.165) is 0 Å². The average molecular weight is 265 g/mol. The van der Waals surface area contributed by atoms with E-state index in [1.54, 1.807) is 18.2 Å². The second kappa shape index (κ2) is 6.28. The summed E-state index contributed by atoms with van der Waals surface area (Å²) in [4.78, 5) is 0. The van der Waals surface area contributed by atoms with E-state index in [9.17, 15) is 9.50 Å². The molecular weight excluding hydrogens is 245 g/mol. The topological polar surface area (TPSA) is 41.5 Å². The third kappa shape index (κ3) is 3.21. The summed E-state index contributed by atoms with van der Waals surface area (Å²) >= 11 is 0. The van der Waals surface area contributed by atoms with Crippen molar-refractivity contribution in [2.75, 3.05) is 26.4 Å². The fourth-order valence-corrected chi connectivity index (χ4v) is 2.22. The summed E-state index contributed by atoms with van der Waals surface area (Å²) in [5.74, 6) is -0.218. The molecule has 1 heterocycles. The van der Waals surface area contributed by atoms with Gasteiger partial charge in [0.25, 0.3) is 0 Å². The summed E-state index contributed by atoms with van der Waals surface area (Å²) in [7, 11) is 0. The number of ether oxygens (including phenoxy) is 1. The number of benzene rings is 1. The van der Waals surface area contributed by atoms with Crippen molar-refractivity contribution in [1.29, 1.82) is 0 Å².